The van der Waals surface area contributed by atoms with Crippen molar-refractivity contribution in [3.8, 4) is 0 Å². The summed E-state index contributed by atoms with van der Waals surface area (Å²) in [7, 11) is 0. The van der Waals surface area contributed by atoms with Crippen LogP contribution >= 0.6 is 15.9 Å². The highest BCUT2D eigenvalue weighted by atomic mass is 79.9. The molecule has 22 heavy (non-hydrogen) atoms. The standard InChI is InChI=1S/C16H22BrFN2O2/c1-16(2,3)22-15(21)20-8-6-12(7-9-20)19-14-10-11(18)4-5-13(14)17/h4-5,10,12,19H,6-9H2,1-3H3. The monoisotopic (exact) mass is 372 g/mol. The first-order chi connectivity index (χ1) is 10.2. The van der Waals surface area contributed by atoms with Gasteiger partial charge in [0.1, 0.15) is 11.4 Å². The average molecular weight is 373 g/mol. The van der Waals surface area contributed by atoms with Crippen molar-refractivity contribution in [2.45, 2.75) is 45.3 Å². The van der Waals surface area contributed by atoms with Crippen LogP contribution in [0.2, 0.25) is 0 Å². The van der Waals surface area contributed by atoms with Crippen molar-refractivity contribution in [1.82, 2.24) is 4.90 Å². The van der Waals surface area contributed by atoms with Crippen LogP contribution in [0.25, 0.3) is 0 Å². The van der Waals surface area contributed by atoms with Crippen LogP contribution in [0.4, 0.5) is 14.9 Å². The maximum atomic E-state index is 13.3. The Kier molecular flexibility index (Phi) is 5.32. The molecule has 1 aliphatic heterocycles. The number of carbonyl (C=O) groups excluding carboxylic acids is 1. The predicted molar refractivity (Wildman–Crippen MR) is 88.6 cm³/mol. The number of anilines is 1. The summed E-state index contributed by atoms with van der Waals surface area (Å²) >= 11 is 3.41. The summed E-state index contributed by atoms with van der Waals surface area (Å²) in [6, 6.07) is 4.80. The van der Waals surface area contributed by atoms with E-state index in [1.807, 2.05) is 20.8 Å². The largest absolute Gasteiger partial charge is 0.444 e. The molecule has 1 saturated heterocycles. The summed E-state index contributed by atoms with van der Waals surface area (Å²) in [5.74, 6) is -0.267. The molecule has 1 aromatic rings. The minimum atomic E-state index is -0.474. The number of nitrogens with zero attached hydrogens (tertiary/aromatic N) is 1. The first kappa shape index (κ1) is 17.1. The van der Waals surface area contributed by atoms with E-state index in [1.165, 1.54) is 12.1 Å². The van der Waals surface area contributed by atoms with Crippen LogP contribution in [-0.4, -0.2) is 35.7 Å². The maximum Gasteiger partial charge on any atom is 0.410 e. The van der Waals surface area contributed by atoms with Gasteiger partial charge in [-0.2, -0.15) is 0 Å². The number of halogens is 2. The summed E-state index contributed by atoms with van der Waals surface area (Å²) in [4.78, 5) is 13.7. The minimum Gasteiger partial charge on any atom is -0.444 e. The number of benzene rings is 1. The van der Waals surface area contributed by atoms with Crippen molar-refractivity contribution in [1.29, 1.82) is 0 Å². The first-order valence-electron chi connectivity index (χ1n) is 7.44. The molecule has 1 aromatic carbocycles. The Hall–Kier alpha value is -1.30. The lowest BCUT2D eigenvalue weighted by atomic mass is 10.0. The second kappa shape index (κ2) is 6.86. The third-order valence-corrected chi connectivity index (χ3v) is 4.13. The first-order valence-corrected chi connectivity index (χ1v) is 8.23. The third-order valence-electron chi connectivity index (χ3n) is 3.43. The summed E-state index contributed by atoms with van der Waals surface area (Å²) in [5, 5.41) is 3.33. The van der Waals surface area contributed by atoms with Crippen molar-refractivity contribution in [3.05, 3.63) is 28.5 Å². The second-order valence-corrected chi connectivity index (χ2v) is 7.36. The Morgan fingerprint density at radius 2 is 2.00 bits per heavy atom. The van der Waals surface area contributed by atoms with Gasteiger partial charge in [0.15, 0.2) is 0 Å². The van der Waals surface area contributed by atoms with Gasteiger partial charge in [0.2, 0.25) is 0 Å². The molecule has 6 heteroatoms. The Morgan fingerprint density at radius 3 is 2.59 bits per heavy atom. The number of piperidine rings is 1. The fraction of sp³-hybridized carbons (Fsp3) is 0.562. The number of ether oxygens (including phenoxy) is 1. The van der Waals surface area contributed by atoms with Crippen LogP contribution in [0.5, 0.6) is 0 Å². The van der Waals surface area contributed by atoms with E-state index in [0.717, 1.165) is 23.0 Å². The summed E-state index contributed by atoms with van der Waals surface area (Å²) in [5.41, 5.74) is 0.272. The molecule has 0 bridgehead atoms. The van der Waals surface area contributed by atoms with Gasteiger partial charge in [0, 0.05) is 23.6 Å². The van der Waals surface area contributed by atoms with Gasteiger partial charge in [-0.3, -0.25) is 0 Å². The predicted octanol–water partition coefficient (Wildman–Crippen LogP) is 4.40. The van der Waals surface area contributed by atoms with Gasteiger partial charge < -0.3 is 15.0 Å². The Balaban J connectivity index is 1.87. The topological polar surface area (TPSA) is 41.6 Å². The fourth-order valence-electron chi connectivity index (χ4n) is 2.36. The molecule has 122 valence electrons. The van der Waals surface area contributed by atoms with Crippen LogP contribution in [0.15, 0.2) is 22.7 Å². The quantitative estimate of drug-likeness (QED) is 0.836. The zero-order valence-corrected chi connectivity index (χ0v) is 14.7. The average Bonchev–Trinajstić information content (AvgIpc) is 2.42. The van der Waals surface area contributed by atoms with E-state index >= 15 is 0 Å². The van der Waals surface area contributed by atoms with Gasteiger partial charge in [-0.1, -0.05) is 0 Å². The molecule has 0 atom stereocenters. The molecule has 0 aromatic heterocycles. The molecule has 1 amide bonds. The molecule has 2 rings (SSSR count). The van der Waals surface area contributed by atoms with Gasteiger partial charge in [-0.05, 0) is 67.7 Å². The number of amides is 1. The molecule has 1 aliphatic rings. The zero-order chi connectivity index (χ0) is 16.3. The summed E-state index contributed by atoms with van der Waals surface area (Å²) < 4.78 is 19.5. The highest BCUT2D eigenvalue weighted by Gasteiger charge is 2.27. The molecular weight excluding hydrogens is 351 g/mol. The lowest BCUT2D eigenvalue weighted by Crippen LogP contribution is -2.44. The highest BCUT2D eigenvalue weighted by Crippen LogP contribution is 2.26. The van der Waals surface area contributed by atoms with E-state index in [-0.39, 0.29) is 18.0 Å². The molecule has 0 unspecified atom stereocenters. The van der Waals surface area contributed by atoms with E-state index in [2.05, 4.69) is 21.2 Å². The van der Waals surface area contributed by atoms with Crippen LogP contribution < -0.4 is 5.32 Å². The lowest BCUT2D eigenvalue weighted by molar-refractivity contribution is 0.0210. The van der Waals surface area contributed by atoms with Crippen molar-refractivity contribution in [2.24, 2.45) is 0 Å². The Morgan fingerprint density at radius 1 is 1.36 bits per heavy atom. The normalized spacial score (nSPS) is 16.5. The SMILES string of the molecule is CC(C)(C)OC(=O)N1CCC(Nc2cc(F)ccc2Br)CC1. The van der Waals surface area contributed by atoms with Gasteiger partial charge in [-0.25, -0.2) is 9.18 Å². The van der Waals surface area contributed by atoms with Crippen LogP contribution in [0.1, 0.15) is 33.6 Å². The van der Waals surface area contributed by atoms with E-state index in [9.17, 15) is 9.18 Å². The fourth-order valence-corrected chi connectivity index (χ4v) is 2.72. The van der Waals surface area contributed by atoms with Gasteiger partial charge in [0.05, 0.1) is 5.69 Å². The van der Waals surface area contributed by atoms with Crippen molar-refractivity contribution in [3.63, 3.8) is 0 Å². The maximum absolute atomic E-state index is 13.3. The number of hydrogen-bond donors (Lipinski definition) is 1. The Bertz CT molecular complexity index is 537. The Labute approximate surface area is 139 Å². The molecule has 0 aliphatic carbocycles. The van der Waals surface area contributed by atoms with Crippen LogP contribution in [-0.2, 0) is 4.74 Å². The lowest BCUT2D eigenvalue weighted by Gasteiger charge is -2.34. The molecule has 0 radical (unpaired) electrons. The van der Waals surface area contributed by atoms with Crippen LogP contribution in [0, 0.1) is 5.82 Å². The van der Waals surface area contributed by atoms with E-state index < -0.39 is 5.60 Å². The summed E-state index contributed by atoms with van der Waals surface area (Å²) in [6.45, 7) is 6.86. The molecule has 0 spiro atoms. The number of carbonyl (C=O) groups is 1. The van der Waals surface area contributed by atoms with Crippen molar-refractivity contribution >= 4 is 27.7 Å². The summed E-state index contributed by atoms with van der Waals surface area (Å²) in [6.07, 6.45) is 1.35. The van der Waals surface area contributed by atoms with Crippen molar-refractivity contribution in [2.75, 3.05) is 18.4 Å². The number of hydrogen-bond acceptors (Lipinski definition) is 3. The molecular formula is C16H22BrFN2O2. The molecule has 1 heterocycles. The molecule has 1 fully saturated rings. The third kappa shape index (κ3) is 4.87. The minimum absolute atomic E-state index is 0.219. The van der Waals surface area contributed by atoms with E-state index in [4.69, 9.17) is 4.74 Å². The number of rotatable bonds is 2. The zero-order valence-electron chi connectivity index (χ0n) is 13.2. The van der Waals surface area contributed by atoms with E-state index in [1.54, 1.807) is 11.0 Å². The highest BCUT2D eigenvalue weighted by molar-refractivity contribution is 9.10. The van der Waals surface area contributed by atoms with E-state index in [0.29, 0.717) is 13.1 Å². The molecule has 1 N–H and O–H groups in total. The van der Waals surface area contributed by atoms with Crippen LogP contribution in [0.3, 0.4) is 0 Å². The number of nitrogens with one attached hydrogen (secondary N) is 1. The van der Waals surface area contributed by atoms with Gasteiger partial charge in [-0.15, -0.1) is 0 Å². The molecule has 4 nitrogen and oxygen atoms in total. The molecule has 0 saturated carbocycles. The number of likely N-dealkylation sites (tertiary alicyclic amines) is 1. The van der Waals surface area contributed by atoms with Gasteiger partial charge in [0.25, 0.3) is 0 Å². The van der Waals surface area contributed by atoms with Crippen molar-refractivity contribution < 1.29 is 13.9 Å². The smallest absolute Gasteiger partial charge is 0.410 e. The van der Waals surface area contributed by atoms with Gasteiger partial charge >= 0.3 is 6.09 Å². The second-order valence-electron chi connectivity index (χ2n) is 6.51.